The van der Waals surface area contributed by atoms with Gasteiger partial charge in [-0.1, -0.05) is 42.5 Å². The van der Waals surface area contributed by atoms with Gasteiger partial charge in [0.05, 0.1) is 18.4 Å². The van der Waals surface area contributed by atoms with Crippen molar-refractivity contribution in [3.63, 3.8) is 0 Å². The van der Waals surface area contributed by atoms with Crippen LogP contribution in [0.4, 0.5) is 0 Å². The first-order valence-corrected chi connectivity index (χ1v) is 9.47. The highest BCUT2D eigenvalue weighted by atomic mass is 16.5. The van der Waals surface area contributed by atoms with Crippen molar-refractivity contribution in [3.8, 4) is 0 Å². The van der Waals surface area contributed by atoms with Crippen LogP contribution in [0.1, 0.15) is 24.8 Å². The highest BCUT2D eigenvalue weighted by molar-refractivity contribution is 5.86. The summed E-state index contributed by atoms with van der Waals surface area (Å²) >= 11 is 0. The standard InChI is InChI=1S/C21H27NO4/c23-20(18-16-8-9-17(14-16)19(18)21(24)25)22-11-4-5-12-26-13-10-15-6-2-1-3-7-15/h1-3,6-9,16-19H,4-5,10-14H2,(H,22,23)(H,24,25). The maximum Gasteiger partial charge on any atom is 0.307 e. The average molecular weight is 357 g/mol. The number of nitrogens with one attached hydrogen (secondary N) is 1. The number of allylic oxidation sites excluding steroid dienone is 2. The molecule has 26 heavy (non-hydrogen) atoms. The molecule has 2 N–H and O–H groups in total. The lowest BCUT2D eigenvalue weighted by molar-refractivity contribution is -0.147. The summed E-state index contributed by atoms with van der Waals surface area (Å²) in [5, 5.41) is 12.3. The predicted octanol–water partition coefficient (Wildman–Crippen LogP) is 2.67. The molecular formula is C21H27NO4. The van der Waals surface area contributed by atoms with Gasteiger partial charge >= 0.3 is 5.97 Å². The fourth-order valence-electron chi connectivity index (χ4n) is 4.11. The quantitative estimate of drug-likeness (QED) is 0.499. The highest BCUT2D eigenvalue weighted by Crippen LogP contribution is 2.48. The Bertz CT molecular complexity index is 643. The number of rotatable bonds is 10. The number of carbonyl (C=O) groups excluding carboxylic acids is 1. The number of benzene rings is 1. The average Bonchev–Trinajstić information content (AvgIpc) is 3.26. The molecule has 1 aromatic carbocycles. The molecule has 0 saturated heterocycles. The van der Waals surface area contributed by atoms with Gasteiger partial charge in [-0.05, 0) is 43.1 Å². The van der Waals surface area contributed by atoms with E-state index in [0.717, 1.165) is 25.7 Å². The second-order valence-electron chi connectivity index (χ2n) is 7.18. The summed E-state index contributed by atoms with van der Waals surface area (Å²) in [6.07, 6.45) is 7.39. The van der Waals surface area contributed by atoms with Crippen LogP contribution >= 0.6 is 0 Å². The minimum Gasteiger partial charge on any atom is -0.481 e. The molecule has 3 rings (SSSR count). The van der Waals surface area contributed by atoms with Crippen molar-refractivity contribution in [1.29, 1.82) is 0 Å². The first-order chi connectivity index (χ1) is 12.7. The maximum absolute atomic E-state index is 12.4. The van der Waals surface area contributed by atoms with Gasteiger partial charge in [0.25, 0.3) is 0 Å². The van der Waals surface area contributed by atoms with Gasteiger partial charge in [0.2, 0.25) is 5.91 Å². The lowest BCUT2D eigenvalue weighted by Gasteiger charge is -2.23. The van der Waals surface area contributed by atoms with Gasteiger partial charge in [-0.25, -0.2) is 0 Å². The first-order valence-electron chi connectivity index (χ1n) is 9.47. The molecule has 4 atom stereocenters. The molecule has 0 heterocycles. The van der Waals surface area contributed by atoms with Gasteiger partial charge in [-0.3, -0.25) is 9.59 Å². The second-order valence-corrected chi connectivity index (χ2v) is 7.18. The second kappa shape index (κ2) is 8.99. The van der Waals surface area contributed by atoms with Crippen molar-refractivity contribution < 1.29 is 19.4 Å². The van der Waals surface area contributed by atoms with Crippen molar-refractivity contribution in [1.82, 2.24) is 5.32 Å². The Morgan fingerprint density at radius 3 is 2.50 bits per heavy atom. The third-order valence-electron chi connectivity index (χ3n) is 5.44. The van der Waals surface area contributed by atoms with Crippen LogP contribution in [0.2, 0.25) is 0 Å². The highest BCUT2D eigenvalue weighted by Gasteiger charge is 2.51. The van der Waals surface area contributed by atoms with Gasteiger partial charge in [-0.2, -0.15) is 0 Å². The van der Waals surface area contributed by atoms with E-state index >= 15 is 0 Å². The molecule has 5 heteroatoms. The number of unbranched alkanes of at least 4 members (excludes halogenated alkanes) is 1. The monoisotopic (exact) mass is 357 g/mol. The van der Waals surface area contributed by atoms with Gasteiger partial charge in [0.1, 0.15) is 0 Å². The number of carboxylic acid groups (broad SMARTS) is 1. The molecule has 0 aliphatic heterocycles. The van der Waals surface area contributed by atoms with Crippen LogP contribution in [0.25, 0.3) is 0 Å². The van der Waals surface area contributed by atoms with E-state index in [4.69, 9.17) is 4.74 Å². The summed E-state index contributed by atoms with van der Waals surface area (Å²) in [6, 6.07) is 10.2. The van der Waals surface area contributed by atoms with E-state index in [-0.39, 0.29) is 17.7 Å². The first kappa shape index (κ1) is 18.6. The summed E-state index contributed by atoms with van der Waals surface area (Å²) in [6.45, 7) is 1.95. The van der Waals surface area contributed by atoms with Crippen LogP contribution < -0.4 is 5.32 Å². The van der Waals surface area contributed by atoms with Crippen molar-refractivity contribution in [3.05, 3.63) is 48.0 Å². The fourth-order valence-corrected chi connectivity index (χ4v) is 4.11. The smallest absolute Gasteiger partial charge is 0.307 e. The van der Waals surface area contributed by atoms with Crippen molar-refractivity contribution in [2.75, 3.05) is 19.8 Å². The van der Waals surface area contributed by atoms with Crippen LogP contribution in [0.15, 0.2) is 42.5 Å². The molecule has 0 spiro atoms. The summed E-state index contributed by atoms with van der Waals surface area (Å²) in [5.74, 6) is -1.84. The van der Waals surface area contributed by atoms with Crippen LogP contribution in [-0.4, -0.2) is 36.7 Å². The molecule has 1 saturated carbocycles. The van der Waals surface area contributed by atoms with Crippen LogP contribution in [-0.2, 0) is 20.7 Å². The number of fused-ring (bicyclic) bond motifs is 2. The van der Waals surface area contributed by atoms with Crippen LogP contribution in [0, 0.1) is 23.7 Å². The SMILES string of the molecule is O=C(O)C1C2C=CC(C2)C1C(=O)NCCCCOCCc1ccccc1. The summed E-state index contributed by atoms with van der Waals surface area (Å²) < 4.78 is 5.63. The number of carboxylic acids is 1. The minimum absolute atomic E-state index is 0.0197. The van der Waals surface area contributed by atoms with E-state index in [9.17, 15) is 14.7 Å². The predicted molar refractivity (Wildman–Crippen MR) is 98.6 cm³/mol. The third kappa shape index (κ3) is 4.52. The molecule has 1 amide bonds. The van der Waals surface area contributed by atoms with Gasteiger partial charge < -0.3 is 15.2 Å². The lowest BCUT2D eigenvalue weighted by atomic mass is 9.82. The zero-order chi connectivity index (χ0) is 18.4. The zero-order valence-corrected chi connectivity index (χ0v) is 15.0. The molecular weight excluding hydrogens is 330 g/mol. The molecule has 1 fully saturated rings. The number of aliphatic carboxylic acids is 1. The Hall–Kier alpha value is -2.14. The molecule has 0 aromatic heterocycles. The van der Waals surface area contributed by atoms with Gasteiger partial charge in [0.15, 0.2) is 0 Å². The van der Waals surface area contributed by atoms with Crippen molar-refractivity contribution >= 4 is 11.9 Å². The molecule has 5 nitrogen and oxygen atoms in total. The minimum atomic E-state index is -0.853. The largest absolute Gasteiger partial charge is 0.481 e. The zero-order valence-electron chi connectivity index (χ0n) is 15.0. The molecule has 4 unspecified atom stereocenters. The Labute approximate surface area is 154 Å². The molecule has 140 valence electrons. The molecule has 2 bridgehead atoms. The number of carbonyl (C=O) groups is 2. The number of ether oxygens (including phenoxy) is 1. The van der Waals surface area contributed by atoms with Crippen molar-refractivity contribution in [2.45, 2.75) is 25.7 Å². The molecule has 0 radical (unpaired) electrons. The van der Waals surface area contributed by atoms with Gasteiger partial charge in [0, 0.05) is 13.2 Å². The van der Waals surface area contributed by atoms with E-state index in [1.165, 1.54) is 5.56 Å². The molecule has 1 aromatic rings. The van der Waals surface area contributed by atoms with Crippen molar-refractivity contribution in [2.24, 2.45) is 23.7 Å². The topological polar surface area (TPSA) is 75.6 Å². The molecule has 2 aliphatic carbocycles. The van der Waals surface area contributed by atoms with E-state index < -0.39 is 17.8 Å². The third-order valence-corrected chi connectivity index (χ3v) is 5.44. The van der Waals surface area contributed by atoms with E-state index in [2.05, 4.69) is 17.4 Å². The van der Waals surface area contributed by atoms with Crippen LogP contribution in [0.3, 0.4) is 0 Å². The fraction of sp³-hybridized carbons (Fsp3) is 0.524. The summed E-state index contributed by atoms with van der Waals surface area (Å²) in [7, 11) is 0. The Kier molecular flexibility index (Phi) is 6.45. The van der Waals surface area contributed by atoms with E-state index in [1.54, 1.807) is 0 Å². The molecule has 2 aliphatic rings. The van der Waals surface area contributed by atoms with E-state index in [0.29, 0.717) is 19.8 Å². The number of hydrogen-bond acceptors (Lipinski definition) is 3. The van der Waals surface area contributed by atoms with Crippen LogP contribution in [0.5, 0.6) is 0 Å². The number of hydrogen-bond donors (Lipinski definition) is 2. The summed E-state index contributed by atoms with van der Waals surface area (Å²) in [5.41, 5.74) is 1.27. The number of amides is 1. The summed E-state index contributed by atoms with van der Waals surface area (Å²) in [4.78, 5) is 23.9. The maximum atomic E-state index is 12.4. The van der Waals surface area contributed by atoms with E-state index in [1.807, 2.05) is 30.4 Å². The Morgan fingerprint density at radius 2 is 1.77 bits per heavy atom. The lowest BCUT2D eigenvalue weighted by Crippen LogP contribution is -2.40. The Balaban J connectivity index is 1.27. The van der Waals surface area contributed by atoms with Gasteiger partial charge in [-0.15, -0.1) is 0 Å². The normalized spacial score (nSPS) is 26.2. The Morgan fingerprint density at radius 1 is 1.04 bits per heavy atom.